The molecule has 0 saturated carbocycles. The molecule has 5 nitrogen and oxygen atoms in total. The molecule has 4 aromatic rings. The Morgan fingerprint density at radius 1 is 1.06 bits per heavy atom. The van der Waals surface area contributed by atoms with E-state index in [4.69, 9.17) is 11.6 Å². The van der Waals surface area contributed by atoms with E-state index in [2.05, 4.69) is 4.98 Å². The van der Waals surface area contributed by atoms with Gasteiger partial charge in [-0.3, -0.25) is 9.78 Å². The maximum Gasteiger partial charge on any atom is 0.254 e. The van der Waals surface area contributed by atoms with E-state index in [1.54, 1.807) is 35.5 Å². The highest BCUT2D eigenvalue weighted by molar-refractivity contribution is 7.90. The van der Waals surface area contributed by atoms with Gasteiger partial charge in [0, 0.05) is 46.9 Å². The largest absolute Gasteiger partial charge is 0.337 e. The van der Waals surface area contributed by atoms with Gasteiger partial charge in [-0.25, -0.2) is 12.8 Å². The first-order valence-corrected chi connectivity index (χ1v) is 13.2. The molecule has 2 aromatic heterocycles. The first-order valence-electron chi connectivity index (χ1n) is 10.3. The topological polar surface area (TPSA) is 67.3 Å². The van der Waals surface area contributed by atoms with Gasteiger partial charge in [-0.2, -0.15) is 0 Å². The van der Waals surface area contributed by atoms with Crippen molar-refractivity contribution >= 4 is 38.7 Å². The second-order valence-electron chi connectivity index (χ2n) is 8.09. The van der Waals surface area contributed by atoms with Crippen molar-refractivity contribution in [2.75, 3.05) is 7.05 Å². The molecule has 3 heterocycles. The van der Waals surface area contributed by atoms with Crippen LogP contribution in [0.25, 0.3) is 20.9 Å². The van der Waals surface area contributed by atoms with E-state index in [9.17, 15) is 17.6 Å². The van der Waals surface area contributed by atoms with Gasteiger partial charge in [0.1, 0.15) is 4.90 Å². The number of fused-ring (bicyclic) bond motifs is 1. The zero-order valence-corrected chi connectivity index (χ0v) is 20.3. The molecule has 0 fully saturated rings. The van der Waals surface area contributed by atoms with E-state index >= 15 is 0 Å². The number of halogens is 2. The van der Waals surface area contributed by atoms with Crippen LogP contribution in [-0.2, 0) is 22.1 Å². The molecule has 0 bridgehead atoms. The molecule has 34 heavy (non-hydrogen) atoms. The third-order valence-electron chi connectivity index (χ3n) is 5.67. The van der Waals surface area contributed by atoms with Crippen molar-refractivity contribution < 1.29 is 17.6 Å². The molecular formula is C25H18ClFN2O3S2. The molecule has 1 amide bonds. The normalized spacial score (nSPS) is 13.4. The first-order chi connectivity index (χ1) is 16.2. The number of carbonyl (C=O) groups is 1. The smallest absolute Gasteiger partial charge is 0.254 e. The SMILES string of the molecule is CN1Cc2cc(-c3ccc(-c4cncc(CS(=O)(=O)c5cccc(Cl)c5F)c4)s3)ccc2C1=O. The number of sulfone groups is 1. The predicted octanol–water partition coefficient (Wildman–Crippen LogP) is 5.83. The average molecular weight is 513 g/mol. The average Bonchev–Trinajstić information content (AvgIpc) is 3.40. The maximum atomic E-state index is 14.3. The monoisotopic (exact) mass is 512 g/mol. The lowest BCUT2D eigenvalue weighted by Gasteiger charge is -2.08. The Labute approximate surface area is 205 Å². The zero-order chi connectivity index (χ0) is 24.0. The van der Waals surface area contributed by atoms with Crippen LogP contribution in [0.3, 0.4) is 0 Å². The van der Waals surface area contributed by atoms with Crippen molar-refractivity contribution in [1.82, 2.24) is 9.88 Å². The van der Waals surface area contributed by atoms with Gasteiger partial charge >= 0.3 is 0 Å². The molecule has 172 valence electrons. The zero-order valence-electron chi connectivity index (χ0n) is 18.0. The fourth-order valence-corrected chi connectivity index (χ4v) is 6.63. The molecule has 1 aliphatic heterocycles. The molecule has 0 spiro atoms. The van der Waals surface area contributed by atoms with E-state index in [0.29, 0.717) is 12.1 Å². The molecule has 0 saturated heterocycles. The second kappa shape index (κ2) is 8.61. The highest BCUT2D eigenvalue weighted by atomic mass is 35.5. The first kappa shape index (κ1) is 22.7. The number of thiophene rings is 1. The van der Waals surface area contributed by atoms with Crippen molar-refractivity contribution in [3.63, 3.8) is 0 Å². The van der Waals surface area contributed by atoms with E-state index in [0.717, 1.165) is 32.0 Å². The summed E-state index contributed by atoms with van der Waals surface area (Å²) >= 11 is 7.31. The second-order valence-corrected chi connectivity index (χ2v) is 11.5. The minimum atomic E-state index is -3.95. The Kier molecular flexibility index (Phi) is 5.75. The molecule has 0 unspecified atom stereocenters. The molecule has 0 atom stereocenters. The van der Waals surface area contributed by atoms with Gasteiger partial charge in [0.2, 0.25) is 0 Å². The van der Waals surface area contributed by atoms with Crippen LogP contribution in [0.15, 0.2) is 71.9 Å². The van der Waals surface area contributed by atoms with Crippen molar-refractivity contribution in [2.24, 2.45) is 0 Å². The lowest BCUT2D eigenvalue weighted by Crippen LogP contribution is -2.17. The third kappa shape index (κ3) is 4.13. The van der Waals surface area contributed by atoms with Gasteiger partial charge in [-0.15, -0.1) is 11.3 Å². The van der Waals surface area contributed by atoms with Crippen LogP contribution in [0.5, 0.6) is 0 Å². The summed E-state index contributed by atoms with van der Waals surface area (Å²) in [6.07, 6.45) is 3.13. The number of amides is 1. The van der Waals surface area contributed by atoms with Crippen LogP contribution in [0.1, 0.15) is 21.5 Å². The Morgan fingerprint density at radius 2 is 1.82 bits per heavy atom. The number of aromatic nitrogens is 1. The minimum Gasteiger partial charge on any atom is -0.337 e. The summed E-state index contributed by atoms with van der Waals surface area (Å²) in [5.41, 5.74) is 3.97. The van der Waals surface area contributed by atoms with Crippen LogP contribution >= 0.6 is 22.9 Å². The van der Waals surface area contributed by atoms with Gasteiger partial charge < -0.3 is 4.90 Å². The molecule has 0 N–H and O–H groups in total. The van der Waals surface area contributed by atoms with Gasteiger partial charge in [0.25, 0.3) is 5.91 Å². The number of hydrogen-bond acceptors (Lipinski definition) is 5. The number of carbonyl (C=O) groups excluding carboxylic acids is 1. The van der Waals surface area contributed by atoms with E-state index in [1.165, 1.54) is 24.4 Å². The van der Waals surface area contributed by atoms with Crippen molar-refractivity contribution in [3.05, 3.63) is 94.5 Å². The summed E-state index contributed by atoms with van der Waals surface area (Å²) < 4.78 is 39.9. The Bertz CT molecular complexity index is 1550. The van der Waals surface area contributed by atoms with Crippen LogP contribution in [-0.4, -0.2) is 31.3 Å². The lowest BCUT2D eigenvalue weighted by molar-refractivity contribution is 0.0816. The summed E-state index contributed by atoms with van der Waals surface area (Å²) in [7, 11) is -2.16. The van der Waals surface area contributed by atoms with Crippen LogP contribution in [0, 0.1) is 5.82 Å². The van der Waals surface area contributed by atoms with E-state index < -0.39 is 26.3 Å². The quantitative estimate of drug-likeness (QED) is 0.337. The molecule has 1 aliphatic rings. The Morgan fingerprint density at radius 3 is 2.62 bits per heavy atom. The Hall–Kier alpha value is -3.07. The summed E-state index contributed by atoms with van der Waals surface area (Å²) in [6.45, 7) is 0.591. The third-order valence-corrected chi connectivity index (χ3v) is 8.84. The highest BCUT2D eigenvalue weighted by Gasteiger charge is 2.25. The fourth-order valence-electron chi connectivity index (χ4n) is 3.99. The highest BCUT2D eigenvalue weighted by Crippen LogP contribution is 2.36. The summed E-state index contributed by atoms with van der Waals surface area (Å²) in [6, 6.07) is 15.5. The van der Waals surface area contributed by atoms with Gasteiger partial charge in [-0.1, -0.05) is 23.7 Å². The Balaban J connectivity index is 1.41. The minimum absolute atomic E-state index is 0.0314. The summed E-state index contributed by atoms with van der Waals surface area (Å²) in [4.78, 5) is 19.6. The number of rotatable bonds is 5. The summed E-state index contributed by atoms with van der Waals surface area (Å²) in [5.74, 6) is -1.31. The molecule has 5 rings (SSSR count). The number of benzene rings is 2. The van der Waals surface area contributed by atoms with Crippen LogP contribution in [0.4, 0.5) is 4.39 Å². The number of hydrogen-bond donors (Lipinski definition) is 0. The van der Waals surface area contributed by atoms with Crippen molar-refractivity contribution in [3.8, 4) is 20.9 Å². The molecule has 0 radical (unpaired) electrons. The molecule has 2 aromatic carbocycles. The van der Waals surface area contributed by atoms with Gasteiger partial charge in [0.15, 0.2) is 15.7 Å². The van der Waals surface area contributed by atoms with Gasteiger partial charge in [-0.05, 0) is 59.2 Å². The number of pyridine rings is 1. The van der Waals surface area contributed by atoms with Crippen molar-refractivity contribution in [2.45, 2.75) is 17.2 Å². The summed E-state index contributed by atoms with van der Waals surface area (Å²) in [5, 5.41) is -0.235. The van der Waals surface area contributed by atoms with Crippen LogP contribution in [0.2, 0.25) is 5.02 Å². The van der Waals surface area contributed by atoms with Crippen molar-refractivity contribution in [1.29, 1.82) is 0 Å². The number of nitrogens with zero attached hydrogens (tertiary/aromatic N) is 2. The van der Waals surface area contributed by atoms with E-state index in [1.807, 2.05) is 30.3 Å². The standard InChI is InChI=1S/C25H18ClFN2O3S2/c1-29-13-18-10-16(5-6-19(18)25(29)30)21-7-8-22(33-21)17-9-15(11-28-12-17)14-34(31,32)23-4-2-3-20(26)24(23)27/h2-12H,13-14H2,1H3. The maximum absolute atomic E-state index is 14.3. The van der Waals surface area contributed by atoms with Crippen LogP contribution < -0.4 is 0 Å². The van der Waals surface area contributed by atoms with Gasteiger partial charge in [0.05, 0.1) is 10.8 Å². The lowest BCUT2D eigenvalue weighted by atomic mass is 10.1. The fraction of sp³-hybridized carbons (Fsp3) is 0.120. The molecular weight excluding hydrogens is 495 g/mol. The molecule has 0 aliphatic carbocycles. The van der Waals surface area contributed by atoms with E-state index in [-0.39, 0.29) is 10.9 Å². The molecule has 9 heteroatoms. The predicted molar refractivity (Wildman–Crippen MR) is 131 cm³/mol.